The molecule has 0 spiro atoms. The molecule has 0 radical (unpaired) electrons. The van der Waals surface area contributed by atoms with Gasteiger partial charge in [-0.05, 0) is 25.0 Å². The Kier molecular flexibility index (Phi) is 5.22. The quantitative estimate of drug-likeness (QED) is 0.833. The van der Waals surface area contributed by atoms with E-state index in [1.807, 2.05) is 36.5 Å². The van der Waals surface area contributed by atoms with Crippen molar-refractivity contribution in [1.82, 2.24) is 9.29 Å². The topological polar surface area (TPSA) is 53.5 Å². The molecule has 130 valence electrons. The zero-order chi connectivity index (χ0) is 17.2. The highest BCUT2D eigenvalue weighted by molar-refractivity contribution is 7.89. The van der Waals surface area contributed by atoms with Crippen molar-refractivity contribution in [3.05, 3.63) is 29.6 Å². The van der Waals surface area contributed by atoms with Crippen molar-refractivity contribution in [2.75, 3.05) is 32.1 Å². The van der Waals surface area contributed by atoms with Crippen molar-refractivity contribution in [2.24, 2.45) is 0 Å². The lowest BCUT2D eigenvalue weighted by molar-refractivity contribution is 0.424. The molecule has 0 saturated carbocycles. The molecule has 1 aliphatic heterocycles. The monoisotopic (exact) mass is 365 g/mol. The van der Waals surface area contributed by atoms with E-state index in [4.69, 9.17) is 0 Å². The molecular formula is C17H23N3O2S2. The Morgan fingerprint density at radius 2 is 1.67 bits per heavy atom. The van der Waals surface area contributed by atoms with Gasteiger partial charge in [-0.2, -0.15) is 4.31 Å². The lowest BCUT2D eigenvalue weighted by Gasteiger charge is -2.20. The normalized spacial score (nSPS) is 16.8. The fourth-order valence-electron chi connectivity index (χ4n) is 2.83. The summed E-state index contributed by atoms with van der Waals surface area (Å²) in [6, 6.07) is 7.09. The van der Waals surface area contributed by atoms with Gasteiger partial charge in [-0.25, -0.2) is 13.4 Å². The lowest BCUT2D eigenvalue weighted by atomic mass is 10.2. The Hall–Kier alpha value is -1.44. The number of hydrogen-bond donors (Lipinski definition) is 0. The molecule has 1 aliphatic rings. The summed E-state index contributed by atoms with van der Waals surface area (Å²) in [5.41, 5.74) is 1.82. The van der Waals surface area contributed by atoms with Crippen LogP contribution in [-0.2, 0) is 10.0 Å². The van der Waals surface area contributed by atoms with Gasteiger partial charge in [0.1, 0.15) is 0 Å². The molecule has 7 heteroatoms. The Balaban J connectivity index is 1.82. The number of anilines is 1. The number of benzene rings is 1. The van der Waals surface area contributed by atoms with E-state index in [9.17, 15) is 8.42 Å². The van der Waals surface area contributed by atoms with Crippen LogP contribution in [0.15, 0.2) is 34.5 Å². The second-order valence-electron chi connectivity index (χ2n) is 6.25. The van der Waals surface area contributed by atoms with Gasteiger partial charge in [-0.1, -0.05) is 25.0 Å². The molecular weight excluding hydrogens is 342 g/mol. The predicted molar refractivity (Wildman–Crippen MR) is 99.1 cm³/mol. The van der Waals surface area contributed by atoms with Crippen molar-refractivity contribution in [3.63, 3.8) is 0 Å². The maximum Gasteiger partial charge on any atom is 0.243 e. The smallest absolute Gasteiger partial charge is 0.243 e. The van der Waals surface area contributed by atoms with Gasteiger partial charge in [0.15, 0.2) is 5.13 Å². The molecule has 1 aromatic heterocycles. The minimum absolute atomic E-state index is 0.371. The molecule has 0 unspecified atom stereocenters. The minimum atomic E-state index is -3.39. The number of thiazole rings is 1. The van der Waals surface area contributed by atoms with E-state index >= 15 is 0 Å². The van der Waals surface area contributed by atoms with Crippen LogP contribution in [0, 0.1) is 0 Å². The van der Waals surface area contributed by atoms with Gasteiger partial charge in [0.2, 0.25) is 10.0 Å². The van der Waals surface area contributed by atoms with Crippen molar-refractivity contribution < 1.29 is 8.42 Å². The Bertz CT molecular complexity index is 774. The first kappa shape index (κ1) is 17.4. The van der Waals surface area contributed by atoms with Crippen LogP contribution in [0.1, 0.15) is 25.7 Å². The summed E-state index contributed by atoms with van der Waals surface area (Å²) < 4.78 is 27.2. The number of aromatic nitrogens is 1. The van der Waals surface area contributed by atoms with Crippen LogP contribution in [0.2, 0.25) is 0 Å². The second kappa shape index (κ2) is 7.21. The molecule has 5 nitrogen and oxygen atoms in total. The van der Waals surface area contributed by atoms with Crippen molar-refractivity contribution >= 4 is 26.5 Å². The first-order valence-electron chi connectivity index (χ1n) is 8.22. The average Bonchev–Trinajstić information content (AvgIpc) is 2.90. The van der Waals surface area contributed by atoms with Gasteiger partial charge in [-0.3, -0.25) is 0 Å². The Morgan fingerprint density at radius 1 is 1.04 bits per heavy atom. The van der Waals surface area contributed by atoms with Crippen LogP contribution in [0.25, 0.3) is 11.3 Å². The highest BCUT2D eigenvalue weighted by Crippen LogP contribution is 2.28. The van der Waals surface area contributed by atoms with Crippen molar-refractivity contribution in [1.29, 1.82) is 0 Å². The molecule has 24 heavy (non-hydrogen) atoms. The van der Waals surface area contributed by atoms with E-state index in [0.29, 0.717) is 18.0 Å². The standard InChI is InChI=1S/C17H23N3O2S2/c1-19(2)17-18-16(13-23-17)14-7-9-15(10-8-14)24(21,22)20-11-5-3-4-6-12-20/h7-10,13H,3-6,11-12H2,1-2H3. The third-order valence-corrected chi connectivity index (χ3v) is 7.15. The summed E-state index contributed by atoms with van der Waals surface area (Å²) in [7, 11) is 0.530. The number of sulfonamides is 1. The summed E-state index contributed by atoms with van der Waals surface area (Å²) >= 11 is 1.58. The number of hydrogen-bond acceptors (Lipinski definition) is 5. The summed E-state index contributed by atoms with van der Waals surface area (Å²) in [6.07, 6.45) is 4.12. The highest BCUT2D eigenvalue weighted by atomic mass is 32.2. The summed E-state index contributed by atoms with van der Waals surface area (Å²) in [4.78, 5) is 6.89. The lowest BCUT2D eigenvalue weighted by Crippen LogP contribution is -2.31. The van der Waals surface area contributed by atoms with Crippen LogP contribution in [0.4, 0.5) is 5.13 Å². The van der Waals surface area contributed by atoms with Crippen molar-refractivity contribution in [3.8, 4) is 11.3 Å². The van der Waals surface area contributed by atoms with E-state index in [0.717, 1.165) is 42.1 Å². The molecule has 1 saturated heterocycles. The largest absolute Gasteiger partial charge is 0.354 e. The molecule has 0 amide bonds. The van der Waals surface area contributed by atoms with Crippen LogP contribution in [-0.4, -0.2) is 44.9 Å². The Morgan fingerprint density at radius 3 is 2.21 bits per heavy atom. The first-order valence-corrected chi connectivity index (χ1v) is 10.5. The van der Waals surface area contributed by atoms with E-state index in [1.54, 1.807) is 27.8 Å². The predicted octanol–water partition coefficient (Wildman–Crippen LogP) is 3.44. The SMILES string of the molecule is CN(C)c1nc(-c2ccc(S(=O)(=O)N3CCCCCC3)cc2)cs1. The zero-order valence-corrected chi connectivity index (χ0v) is 15.7. The fraction of sp³-hybridized carbons (Fsp3) is 0.471. The van der Waals surface area contributed by atoms with Gasteiger partial charge in [0, 0.05) is 38.1 Å². The van der Waals surface area contributed by atoms with Crippen LogP contribution in [0.3, 0.4) is 0 Å². The average molecular weight is 366 g/mol. The molecule has 1 fully saturated rings. The van der Waals surface area contributed by atoms with E-state index < -0.39 is 10.0 Å². The van der Waals surface area contributed by atoms with Gasteiger partial charge < -0.3 is 4.90 Å². The molecule has 0 atom stereocenters. The van der Waals surface area contributed by atoms with Gasteiger partial charge in [0.05, 0.1) is 10.6 Å². The summed E-state index contributed by atoms with van der Waals surface area (Å²) in [5.74, 6) is 0. The molecule has 0 N–H and O–H groups in total. The zero-order valence-electron chi connectivity index (χ0n) is 14.1. The van der Waals surface area contributed by atoms with Gasteiger partial charge in [-0.15, -0.1) is 11.3 Å². The maximum absolute atomic E-state index is 12.8. The molecule has 0 aliphatic carbocycles. The first-order chi connectivity index (χ1) is 11.5. The summed E-state index contributed by atoms with van der Waals surface area (Å²) in [6.45, 7) is 1.25. The van der Waals surface area contributed by atoms with E-state index in [2.05, 4.69) is 4.98 Å². The fourth-order valence-corrected chi connectivity index (χ4v) is 5.12. The summed E-state index contributed by atoms with van der Waals surface area (Å²) in [5, 5.41) is 2.93. The van der Waals surface area contributed by atoms with Gasteiger partial charge >= 0.3 is 0 Å². The van der Waals surface area contributed by atoms with Crippen molar-refractivity contribution in [2.45, 2.75) is 30.6 Å². The van der Waals surface area contributed by atoms with Crippen LogP contribution in [0.5, 0.6) is 0 Å². The molecule has 2 aromatic rings. The molecule has 2 heterocycles. The number of rotatable bonds is 4. The third-order valence-electron chi connectivity index (χ3n) is 4.23. The van der Waals surface area contributed by atoms with Crippen LogP contribution < -0.4 is 4.90 Å². The minimum Gasteiger partial charge on any atom is -0.354 e. The Labute approximate surface area is 148 Å². The van der Waals surface area contributed by atoms with E-state index in [1.165, 1.54) is 0 Å². The maximum atomic E-state index is 12.8. The molecule has 3 rings (SSSR count). The van der Waals surface area contributed by atoms with Gasteiger partial charge in [0.25, 0.3) is 0 Å². The molecule has 0 bridgehead atoms. The highest BCUT2D eigenvalue weighted by Gasteiger charge is 2.25. The second-order valence-corrected chi connectivity index (χ2v) is 9.03. The third kappa shape index (κ3) is 3.63. The van der Waals surface area contributed by atoms with Crippen LogP contribution >= 0.6 is 11.3 Å². The number of nitrogens with zero attached hydrogens (tertiary/aromatic N) is 3. The van der Waals surface area contributed by atoms with E-state index in [-0.39, 0.29) is 0 Å². The molecule has 1 aromatic carbocycles.